The summed E-state index contributed by atoms with van der Waals surface area (Å²) < 4.78 is 13.3. The Hall–Kier alpha value is -1.58. The standard InChI is InChI=1S/C11H16FN3/c1-3-14-11(13)15(2)8-9-6-4-5-7-10(9)12/h4-7H,3,8H2,1-2H3,(H2,13,14). The molecule has 1 aromatic rings. The van der Waals surface area contributed by atoms with Gasteiger partial charge in [0.25, 0.3) is 0 Å². The van der Waals surface area contributed by atoms with Gasteiger partial charge in [-0.3, -0.25) is 4.99 Å². The zero-order valence-electron chi connectivity index (χ0n) is 9.07. The number of guanidine groups is 1. The molecule has 0 amide bonds. The van der Waals surface area contributed by atoms with Crippen molar-refractivity contribution in [1.29, 1.82) is 0 Å². The molecule has 0 bridgehead atoms. The first-order valence-electron chi connectivity index (χ1n) is 4.89. The molecule has 0 aliphatic carbocycles. The highest BCUT2D eigenvalue weighted by Gasteiger charge is 2.06. The van der Waals surface area contributed by atoms with Gasteiger partial charge < -0.3 is 10.6 Å². The lowest BCUT2D eigenvalue weighted by molar-refractivity contribution is 0.473. The summed E-state index contributed by atoms with van der Waals surface area (Å²) in [7, 11) is 1.79. The van der Waals surface area contributed by atoms with Crippen LogP contribution in [-0.4, -0.2) is 24.5 Å². The summed E-state index contributed by atoms with van der Waals surface area (Å²) in [5, 5.41) is 0. The summed E-state index contributed by atoms with van der Waals surface area (Å²) in [6.07, 6.45) is 0. The summed E-state index contributed by atoms with van der Waals surface area (Å²) in [5.74, 6) is 0.217. The van der Waals surface area contributed by atoms with Gasteiger partial charge in [-0.25, -0.2) is 4.39 Å². The van der Waals surface area contributed by atoms with E-state index in [-0.39, 0.29) is 5.82 Å². The van der Waals surface area contributed by atoms with Crippen molar-refractivity contribution >= 4 is 5.96 Å². The maximum Gasteiger partial charge on any atom is 0.191 e. The summed E-state index contributed by atoms with van der Waals surface area (Å²) in [4.78, 5) is 5.77. The molecule has 0 aliphatic rings. The molecule has 3 nitrogen and oxygen atoms in total. The van der Waals surface area contributed by atoms with Crippen LogP contribution in [0.4, 0.5) is 4.39 Å². The molecule has 1 rings (SSSR count). The van der Waals surface area contributed by atoms with Crippen LogP contribution < -0.4 is 5.73 Å². The number of aliphatic imine (C=N–C) groups is 1. The Morgan fingerprint density at radius 1 is 1.47 bits per heavy atom. The van der Waals surface area contributed by atoms with Crippen LogP contribution in [0.15, 0.2) is 29.3 Å². The maximum atomic E-state index is 13.3. The summed E-state index contributed by atoms with van der Waals surface area (Å²) in [6, 6.07) is 6.66. The van der Waals surface area contributed by atoms with Crippen molar-refractivity contribution in [3.63, 3.8) is 0 Å². The van der Waals surface area contributed by atoms with Crippen LogP contribution in [0.3, 0.4) is 0 Å². The third kappa shape index (κ3) is 3.23. The average Bonchev–Trinajstić information content (AvgIpc) is 2.21. The molecule has 4 heteroatoms. The van der Waals surface area contributed by atoms with Crippen molar-refractivity contribution in [3.8, 4) is 0 Å². The molecule has 0 saturated carbocycles. The molecule has 0 saturated heterocycles. The van der Waals surface area contributed by atoms with E-state index in [4.69, 9.17) is 5.73 Å². The Labute approximate surface area is 89.4 Å². The summed E-state index contributed by atoms with van der Waals surface area (Å²) in [5.41, 5.74) is 6.30. The summed E-state index contributed by atoms with van der Waals surface area (Å²) >= 11 is 0. The Morgan fingerprint density at radius 3 is 2.73 bits per heavy atom. The number of nitrogens with zero attached hydrogens (tertiary/aromatic N) is 2. The molecule has 15 heavy (non-hydrogen) atoms. The van der Waals surface area contributed by atoms with Crippen molar-refractivity contribution in [2.45, 2.75) is 13.5 Å². The number of halogens is 1. The highest BCUT2D eigenvalue weighted by Crippen LogP contribution is 2.08. The van der Waals surface area contributed by atoms with E-state index in [1.165, 1.54) is 6.07 Å². The fraction of sp³-hybridized carbons (Fsp3) is 0.364. The molecule has 0 aromatic heterocycles. The zero-order chi connectivity index (χ0) is 11.3. The molecule has 0 unspecified atom stereocenters. The van der Waals surface area contributed by atoms with Gasteiger partial charge in [-0.2, -0.15) is 0 Å². The second-order valence-corrected chi connectivity index (χ2v) is 3.28. The van der Waals surface area contributed by atoms with Gasteiger partial charge in [0.15, 0.2) is 5.96 Å². The SMILES string of the molecule is CCN=C(N)N(C)Cc1ccccc1F. The minimum atomic E-state index is -0.214. The lowest BCUT2D eigenvalue weighted by Gasteiger charge is -2.18. The molecular formula is C11H16FN3. The van der Waals surface area contributed by atoms with Crippen molar-refractivity contribution in [3.05, 3.63) is 35.6 Å². The monoisotopic (exact) mass is 209 g/mol. The van der Waals surface area contributed by atoms with Gasteiger partial charge in [-0.15, -0.1) is 0 Å². The first kappa shape index (κ1) is 11.5. The molecule has 0 radical (unpaired) electrons. The Balaban J connectivity index is 2.70. The topological polar surface area (TPSA) is 41.6 Å². The van der Waals surface area contributed by atoms with Crippen molar-refractivity contribution in [1.82, 2.24) is 4.90 Å². The van der Waals surface area contributed by atoms with Crippen LogP contribution in [0.1, 0.15) is 12.5 Å². The number of nitrogens with two attached hydrogens (primary N) is 1. The highest BCUT2D eigenvalue weighted by atomic mass is 19.1. The molecule has 2 N–H and O–H groups in total. The summed E-state index contributed by atoms with van der Waals surface area (Å²) in [6.45, 7) is 2.97. The molecule has 1 aromatic carbocycles. The van der Waals surface area contributed by atoms with Gasteiger partial charge in [-0.05, 0) is 13.0 Å². The third-order valence-electron chi connectivity index (χ3n) is 2.08. The van der Waals surface area contributed by atoms with E-state index in [0.29, 0.717) is 24.6 Å². The molecular weight excluding hydrogens is 193 g/mol. The van der Waals surface area contributed by atoms with Crippen LogP contribution in [0, 0.1) is 5.82 Å². The van der Waals surface area contributed by atoms with E-state index in [1.54, 1.807) is 30.1 Å². The average molecular weight is 209 g/mol. The molecule has 82 valence electrons. The molecule has 0 aliphatic heterocycles. The predicted molar refractivity (Wildman–Crippen MR) is 60.0 cm³/mol. The minimum absolute atomic E-state index is 0.214. The Morgan fingerprint density at radius 2 is 2.13 bits per heavy atom. The van der Waals surface area contributed by atoms with Crippen molar-refractivity contribution in [2.75, 3.05) is 13.6 Å². The van der Waals surface area contributed by atoms with Gasteiger partial charge in [-0.1, -0.05) is 18.2 Å². The van der Waals surface area contributed by atoms with E-state index >= 15 is 0 Å². The van der Waals surface area contributed by atoms with E-state index in [9.17, 15) is 4.39 Å². The van der Waals surface area contributed by atoms with E-state index < -0.39 is 0 Å². The molecule has 0 heterocycles. The van der Waals surface area contributed by atoms with Crippen LogP contribution in [0.2, 0.25) is 0 Å². The van der Waals surface area contributed by atoms with Gasteiger partial charge in [0, 0.05) is 25.7 Å². The quantitative estimate of drug-likeness (QED) is 0.606. The van der Waals surface area contributed by atoms with E-state index in [2.05, 4.69) is 4.99 Å². The maximum absolute atomic E-state index is 13.3. The van der Waals surface area contributed by atoms with Gasteiger partial charge in [0.2, 0.25) is 0 Å². The third-order valence-corrected chi connectivity index (χ3v) is 2.08. The fourth-order valence-electron chi connectivity index (χ4n) is 1.25. The number of hydrogen-bond acceptors (Lipinski definition) is 1. The fourth-order valence-corrected chi connectivity index (χ4v) is 1.25. The van der Waals surface area contributed by atoms with E-state index in [1.807, 2.05) is 6.92 Å². The molecule has 0 fully saturated rings. The van der Waals surface area contributed by atoms with Crippen LogP contribution >= 0.6 is 0 Å². The van der Waals surface area contributed by atoms with Crippen LogP contribution in [0.25, 0.3) is 0 Å². The van der Waals surface area contributed by atoms with Crippen molar-refractivity contribution < 1.29 is 4.39 Å². The second-order valence-electron chi connectivity index (χ2n) is 3.28. The normalized spacial score (nSPS) is 11.5. The molecule has 0 spiro atoms. The lowest BCUT2D eigenvalue weighted by Crippen LogP contribution is -2.33. The first-order valence-corrected chi connectivity index (χ1v) is 4.89. The second kappa shape index (κ2) is 5.34. The van der Waals surface area contributed by atoms with Gasteiger partial charge in [0.1, 0.15) is 5.82 Å². The minimum Gasteiger partial charge on any atom is -0.370 e. The van der Waals surface area contributed by atoms with Gasteiger partial charge in [0.05, 0.1) is 0 Å². The Bertz CT molecular complexity index is 349. The van der Waals surface area contributed by atoms with Gasteiger partial charge >= 0.3 is 0 Å². The lowest BCUT2D eigenvalue weighted by atomic mass is 10.2. The Kier molecular flexibility index (Phi) is 4.09. The van der Waals surface area contributed by atoms with Crippen LogP contribution in [0.5, 0.6) is 0 Å². The first-order chi connectivity index (χ1) is 7.15. The van der Waals surface area contributed by atoms with Crippen LogP contribution in [-0.2, 0) is 6.54 Å². The van der Waals surface area contributed by atoms with Crippen molar-refractivity contribution in [2.24, 2.45) is 10.7 Å². The number of hydrogen-bond donors (Lipinski definition) is 1. The highest BCUT2D eigenvalue weighted by molar-refractivity contribution is 5.77. The smallest absolute Gasteiger partial charge is 0.191 e. The number of rotatable bonds is 3. The zero-order valence-corrected chi connectivity index (χ0v) is 9.07. The largest absolute Gasteiger partial charge is 0.370 e. The number of benzene rings is 1. The van der Waals surface area contributed by atoms with E-state index in [0.717, 1.165) is 0 Å². The predicted octanol–water partition coefficient (Wildman–Crippen LogP) is 1.59. The molecule has 0 atom stereocenters.